The molecular weight excluding hydrogens is 296 g/mol. The van der Waals surface area contributed by atoms with Gasteiger partial charge in [-0.05, 0) is 25.8 Å². The number of nitrogens with zero attached hydrogens (tertiary/aromatic N) is 4. The molecule has 0 bridgehead atoms. The van der Waals surface area contributed by atoms with Gasteiger partial charge in [0.2, 0.25) is 5.82 Å². The number of amides is 1. The van der Waals surface area contributed by atoms with Crippen molar-refractivity contribution in [1.29, 1.82) is 0 Å². The second-order valence-corrected chi connectivity index (χ2v) is 6.36. The predicted octanol–water partition coefficient (Wildman–Crippen LogP) is 0.668. The number of likely N-dealkylation sites (N-methyl/N-ethyl adjacent to an activating group) is 1. The van der Waals surface area contributed by atoms with Crippen molar-refractivity contribution in [2.45, 2.75) is 18.9 Å². The molecule has 3 rings (SSSR count). The van der Waals surface area contributed by atoms with Crippen LogP contribution in [-0.2, 0) is 4.74 Å². The van der Waals surface area contributed by atoms with Crippen LogP contribution < -0.4 is 4.74 Å². The first-order valence-corrected chi connectivity index (χ1v) is 8.11. The van der Waals surface area contributed by atoms with E-state index in [4.69, 9.17) is 9.47 Å². The maximum Gasteiger partial charge on any atom is 0.291 e. The molecular formula is C16H24N4O3. The van der Waals surface area contributed by atoms with Gasteiger partial charge >= 0.3 is 0 Å². The van der Waals surface area contributed by atoms with Gasteiger partial charge in [0.05, 0.1) is 32.2 Å². The lowest BCUT2D eigenvalue weighted by Gasteiger charge is -2.33. The van der Waals surface area contributed by atoms with E-state index in [2.05, 4.69) is 21.9 Å². The molecule has 126 valence electrons. The third kappa shape index (κ3) is 4.39. The van der Waals surface area contributed by atoms with E-state index >= 15 is 0 Å². The summed E-state index contributed by atoms with van der Waals surface area (Å²) in [7, 11) is 3.63. The molecule has 0 radical (unpaired) electrons. The van der Waals surface area contributed by atoms with E-state index in [-0.39, 0.29) is 17.8 Å². The van der Waals surface area contributed by atoms with E-state index in [1.807, 2.05) is 4.90 Å². The van der Waals surface area contributed by atoms with Gasteiger partial charge in [0.25, 0.3) is 5.91 Å². The summed E-state index contributed by atoms with van der Waals surface area (Å²) in [5, 5.41) is 0. The molecule has 1 aromatic heterocycles. The van der Waals surface area contributed by atoms with Crippen LogP contribution in [0.2, 0.25) is 0 Å². The van der Waals surface area contributed by atoms with Crippen molar-refractivity contribution in [2.75, 3.05) is 46.9 Å². The molecule has 0 aromatic carbocycles. The zero-order valence-electron chi connectivity index (χ0n) is 13.8. The Balaban J connectivity index is 1.67. The fraction of sp³-hybridized carbons (Fsp3) is 0.688. The van der Waals surface area contributed by atoms with Gasteiger partial charge in [-0.1, -0.05) is 0 Å². The highest BCUT2D eigenvalue weighted by Crippen LogP contribution is 2.30. The molecule has 1 aromatic rings. The topological polar surface area (TPSA) is 67.8 Å². The van der Waals surface area contributed by atoms with Crippen molar-refractivity contribution >= 4 is 5.91 Å². The molecule has 7 heteroatoms. The Morgan fingerprint density at radius 1 is 1.39 bits per heavy atom. The Morgan fingerprint density at radius 2 is 2.13 bits per heavy atom. The summed E-state index contributed by atoms with van der Waals surface area (Å²) in [5.74, 6) is 1.25. The number of aromatic nitrogens is 2. The van der Waals surface area contributed by atoms with Crippen LogP contribution in [0.1, 0.15) is 23.5 Å². The average Bonchev–Trinajstić information content (AvgIpc) is 3.38. The van der Waals surface area contributed by atoms with Crippen molar-refractivity contribution in [1.82, 2.24) is 19.8 Å². The molecule has 0 spiro atoms. The second kappa shape index (κ2) is 7.23. The highest BCUT2D eigenvalue weighted by Gasteiger charge is 2.31. The van der Waals surface area contributed by atoms with Crippen molar-refractivity contribution in [2.24, 2.45) is 5.92 Å². The molecule has 2 heterocycles. The maximum absolute atomic E-state index is 12.8. The van der Waals surface area contributed by atoms with Crippen LogP contribution >= 0.6 is 0 Å². The van der Waals surface area contributed by atoms with Crippen LogP contribution in [0, 0.1) is 5.92 Å². The number of hydrogen-bond donors (Lipinski definition) is 0. The molecule has 0 N–H and O–H groups in total. The molecule has 2 fully saturated rings. The summed E-state index contributed by atoms with van der Waals surface area (Å²) in [6.45, 7) is 3.85. The molecule has 2 aliphatic rings. The Kier molecular flexibility index (Phi) is 5.07. The number of ether oxygens (including phenoxy) is 2. The minimum Gasteiger partial charge on any atom is -0.494 e. The fourth-order valence-corrected chi connectivity index (χ4v) is 2.75. The number of methoxy groups -OCH3 is 1. The highest BCUT2D eigenvalue weighted by molar-refractivity contribution is 5.90. The largest absolute Gasteiger partial charge is 0.494 e. The fourth-order valence-electron chi connectivity index (χ4n) is 2.75. The lowest BCUT2D eigenvalue weighted by Crippen LogP contribution is -2.48. The highest BCUT2D eigenvalue weighted by atomic mass is 16.5. The van der Waals surface area contributed by atoms with Crippen LogP contribution in [0.15, 0.2) is 12.4 Å². The van der Waals surface area contributed by atoms with E-state index in [9.17, 15) is 4.79 Å². The van der Waals surface area contributed by atoms with Gasteiger partial charge in [-0.2, -0.15) is 0 Å². The van der Waals surface area contributed by atoms with E-state index in [1.54, 1.807) is 7.11 Å². The standard InChI is InChI=1S/C16H24N4O3/c1-19-5-6-23-14(10-19)11-20(9-12-3-4-12)16(21)15-17-7-13(22-2)8-18-15/h7-8,12,14H,3-6,9-11H2,1-2H3. The van der Waals surface area contributed by atoms with Crippen molar-refractivity contribution in [3.63, 3.8) is 0 Å². The van der Waals surface area contributed by atoms with Gasteiger partial charge in [0, 0.05) is 26.2 Å². The number of hydrogen-bond acceptors (Lipinski definition) is 6. The summed E-state index contributed by atoms with van der Waals surface area (Å²) in [6.07, 6.45) is 5.49. The molecule has 7 nitrogen and oxygen atoms in total. The maximum atomic E-state index is 12.8. The first kappa shape index (κ1) is 16.1. The molecule has 1 saturated heterocycles. The lowest BCUT2D eigenvalue weighted by atomic mass is 10.2. The molecule has 1 aliphatic heterocycles. The Labute approximate surface area is 136 Å². The smallest absolute Gasteiger partial charge is 0.291 e. The quantitative estimate of drug-likeness (QED) is 0.767. The zero-order chi connectivity index (χ0) is 16.2. The summed E-state index contributed by atoms with van der Waals surface area (Å²) in [4.78, 5) is 25.1. The van der Waals surface area contributed by atoms with Crippen LogP contribution in [0.4, 0.5) is 0 Å². The van der Waals surface area contributed by atoms with Gasteiger partial charge in [0.1, 0.15) is 0 Å². The van der Waals surface area contributed by atoms with E-state index in [1.165, 1.54) is 25.2 Å². The lowest BCUT2D eigenvalue weighted by molar-refractivity contribution is -0.0332. The monoisotopic (exact) mass is 320 g/mol. The summed E-state index contributed by atoms with van der Waals surface area (Å²) in [6, 6.07) is 0. The number of carbonyl (C=O) groups excluding carboxylic acids is 1. The molecule has 1 amide bonds. The summed E-state index contributed by atoms with van der Waals surface area (Å²) in [5.41, 5.74) is 0. The Bertz CT molecular complexity index is 533. The normalized spacial score (nSPS) is 21.9. The van der Waals surface area contributed by atoms with Gasteiger partial charge < -0.3 is 19.3 Å². The first-order chi connectivity index (χ1) is 11.2. The second-order valence-electron chi connectivity index (χ2n) is 6.36. The van der Waals surface area contributed by atoms with Crippen molar-refractivity contribution in [3.05, 3.63) is 18.2 Å². The van der Waals surface area contributed by atoms with Crippen LogP contribution in [0.25, 0.3) is 0 Å². The number of rotatable bonds is 6. The summed E-state index contributed by atoms with van der Waals surface area (Å²) < 4.78 is 10.8. The average molecular weight is 320 g/mol. The molecule has 1 unspecified atom stereocenters. The van der Waals surface area contributed by atoms with E-state index in [0.717, 1.165) is 19.6 Å². The van der Waals surface area contributed by atoms with Crippen molar-refractivity contribution in [3.8, 4) is 5.75 Å². The minimum absolute atomic E-state index is 0.0506. The molecule has 1 aliphatic carbocycles. The minimum atomic E-state index is -0.128. The van der Waals surface area contributed by atoms with Crippen LogP contribution in [0.3, 0.4) is 0 Å². The Morgan fingerprint density at radius 3 is 2.74 bits per heavy atom. The molecule has 1 saturated carbocycles. The molecule has 1 atom stereocenters. The SMILES string of the molecule is COc1cnc(C(=O)N(CC2CC2)CC2CN(C)CCO2)nc1. The van der Waals surface area contributed by atoms with Gasteiger partial charge in [-0.3, -0.25) is 4.79 Å². The zero-order valence-corrected chi connectivity index (χ0v) is 13.8. The Hall–Kier alpha value is -1.73. The van der Waals surface area contributed by atoms with Gasteiger partial charge in [-0.25, -0.2) is 9.97 Å². The predicted molar refractivity (Wildman–Crippen MR) is 84.4 cm³/mol. The third-order valence-electron chi connectivity index (χ3n) is 4.28. The number of carbonyl (C=O) groups is 1. The van der Waals surface area contributed by atoms with E-state index in [0.29, 0.717) is 24.8 Å². The van der Waals surface area contributed by atoms with Crippen molar-refractivity contribution < 1.29 is 14.3 Å². The van der Waals surface area contributed by atoms with E-state index < -0.39 is 0 Å². The van der Waals surface area contributed by atoms with Crippen LogP contribution in [-0.4, -0.2) is 78.7 Å². The molecule has 23 heavy (non-hydrogen) atoms. The first-order valence-electron chi connectivity index (χ1n) is 8.11. The van der Waals surface area contributed by atoms with Gasteiger partial charge in [-0.15, -0.1) is 0 Å². The third-order valence-corrected chi connectivity index (χ3v) is 4.28. The number of morpholine rings is 1. The summed E-state index contributed by atoms with van der Waals surface area (Å²) >= 11 is 0. The van der Waals surface area contributed by atoms with Crippen LogP contribution in [0.5, 0.6) is 5.75 Å². The van der Waals surface area contributed by atoms with Gasteiger partial charge in [0.15, 0.2) is 5.75 Å².